The molecule has 0 bridgehead atoms. The number of carbonyl (C=O) groups excluding carboxylic acids is 1. The molecule has 7 nitrogen and oxygen atoms in total. The van der Waals surface area contributed by atoms with Gasteiger partial charge >= 0.3 is 0 Å². The summed E-state index contributed by atoms with van der Waals surface area (Å²) in [6.45, 7) is 0.425. The van der Waals surface area contributed by atoms with Crippen molar-refractivity contribution in [1.29, 1.82) is 0 Å². The number of fused-ring (bicyclic) bond motifs is 1. The highest BCUT2D eigenvalue weighted by Gasteiger charge is 2.19. The van der Waals surface area contributed by atoms with E-state index in [-0.39, 0.29) is 25.1 Å². The molecule has 0 fully saturated rings. The minimum Gasteiger partial charge on any atom is -0.760 e. The van der Waals surface area contributed by atoms with Gasteiger partial charge in [-0.05, 0) is 54.8 Å². The number of aliphatic hydroxyl groups excluding tert-OH is 1. The molecule has 3 rings (SSSR count). The van der Waals surface area contributed by atoms with Gasteiger partial charge in [0.05, 0.1) is 29.6 Å². The van der Waals surface area contributed by atoms with Gasteiger partial charge in [0, 0.05) is 35.3 Å². The van der Waals surface area contributed by atoms with Crippen LogP contribution in [0.4, 0.5) is 14.5 Å². The second-order valence-electron chi connectivity index (χ2n) is 6.78. The lowest BCUT2D eigenvalue weighted by atomic mass is 9.97. The highest BCUT2D eigenvalue weighted by atomic mass is 32.2. The number of hydrogen-bond acceptors (Lipinski definition) is 6. The number of nitrogens with zero attached hydrogens (tertiary/aromatic N) is 1. The van der Waals surface area contributed by atoms with E-state index in [0.29, 0.717) is 35.1 Å². The molecule has 1 atom stereocenters. The van der Waals surface area contributed by atoms with E-state index in [0.717, 1.165) is 6.07 Å². The molecule has 10 heteroatoms. The molecule has 3 aromatic rings. The number of pyridine rings is 1. The number of carbonyl (C=O) groups is 1. The molecule has 0 saturated heterocycles. The summed E-state index contributed by atoms with van der Waals surface area (Å²) in [5.74, 6) is -3.05. The highest BCUT2D eigenvalue weighted by molar-refractivity contribution is 7.77. The van der Waals surface area contributed by atoms with E-state index in [4.69, 9.17) is 5.11 Å². The average molecular weight is 448 g/mol. The maximum Gasteiger partial charge on any atom is 0.196 e. The summed E-state index contributed by atoms with van der Waals surface area (Å²) in [7, 11) is 0. The van der Waals surface area contributed by atoms with E-state index in [9.17, 15) is 22.3 Å². The van der Waals surface area contributed by atoms with Crippen LogP contribution in [0, 0.1) is 11.6 Å². The third kappa shape index (κ3) is 5.88. The van der Waals surface area contributed by atoms with Gasteiger partial charge in [-0.15, -0.1) is 0 Å². The van der Waals surface area contributed by atoms with Crippen LogP contribution >= 0.6 is 0 Å². The quantitative estimate of drug-likeness (QED) is 0.249. The zero-order valence-electron chi connectivity index (χ0n) is 16.4. The lowest BCUT2D eigenvalue weighted by Gasteiger charge is -2.10. The molecule has 0 saturated carbocycles. The van der Waals surface area contributed by atoms with Crippen LogP contribution in [0.5, 0.6) is 0 Å². The summed E-state index contributed by atoms with van der Waals surface area (Å²) in [5.41, 5.74) is 1.44. The first-order chi connectivity index (χ1) is 14.9. The van der Waals surface area contributed by atoms with Gasteiger partial charge in [0.2, 0.25) is 0 Å². The van der Waals surface area contributed by atoms with Crippen LogP contribution in [0.2, 0.25) is 0 Å². The molecule has 1 heterocycles. The molecule has 164 valence electrons. The van der Waals surface area contributed by atoms with Crippen molar-refractivity contribution in [1.82, 2.24) is 9.71 Å². The smallest absolute Gasteiger partial charge is 0.196 e. The van der Waals surface area contributed by atoms with Crippen molar-refractivity contribution in [3.05, 3.63) is 70.9 Å². The molecular formula is C21H20F2N3O4S-. The number of aliphatic hydroxyl groups is 1. The number of anilines is 1. The molecule has 0 radical (unpaired) electrons. The van der Waals surface area contributed by atoms with Crippen molar-refractivity contribution in [3.8, 4) is 0 Å². The van der Waals surface area contributed by atoms with Crippen LogP contribution in [0.1, 0.15) is 27.9 Å². The molecule has 31 heavy (non-hydrogen) atoms. The SMILES string of the molecule is O=C(c1ccc2ncc(NCCO)cc2c1)c1cc(CCCNS(=O)[O-])cc(F)c1F. The molecule has 0 aliphatic heterocycles. The molecule has 1 unspecified atom stereocenters. The van der Waals surface area contributed by atoms with Gasteiger partial charge in [0.15, 0.2) is 17.4 Å². The predicted molar refractivity (Wildman–Crippen MR) is 112 cm³/mol. The lowest BCUT2D eigenvalue weighted by Crippen LogP contribution is -2.18. The molecule has 0 aliphatic rings. The van der Waals surface area contributed by atoms with E-state index >= 15 is 0 Å². The normalized spacial score (nSPS) is 12.1. The average Bonchev–Trinajstić information content (AvgIpc) is 2.76. The van der Waals surface area contributed by atoms with E-state index in [1.807, 2.05) is 0 Å². The predicted octanol–water partition coefficient (Wildman–Crippen LogP) is 2.46. The third-order valence-electron chi connectivity index (χ3n) is 4.58. The van der Waals surface area contributed by atoms with Crippen molar-refractivity contribution in [2.45, 2.75) is 12.8 Å². The Morgan fingerprint density at radius 3 is 2.71 bits per heavy atom. The van der Waals surface area contributed by atoms with E-state index in [2.05, 4.69) is 15.0 Å². The van der Waals surface area contributed by atoms with Crippen LogP contribution in [-0.2, 0) is 17.7 Å². The van der Waals surface area contributed by atoms with Crippen molar-refractivity contribution in [2.75, 3.05) is 25.0 Å². The van der Waals surface area contributed by atoms with Gasteiger partial charge in [-0.2, -0.15) is 0 Å². The van der Waals surface area contributed by atoms with Gasteiger partial charge in [-0.25, -0.2) is 13.5 Å². The molecule has 0 spiro atoms. The van der Waals surface area contributed by atoms with E-state index in [1.165, 1.54) is 12.1 Å². The second kappa shape index (κ2) is 10.5. The van der Waals surface area contributed by atoms with E-state index < -0.39 is 34.2 Å². The fourth-order valence-corrected chi connectivity index (χ4v) is 3.44. The first-order valence-corrected chi connectivity index (χ1v) is 10.6. The van der Waals surface area contributed by atoms with Gasteiger partial charge in [0.1, 0.15) is 0 Å². The van der Waals surface area contributed by atoms with Crippen LogP contribution in [-0.4, -0.2) is 44.3 Å². The Kier molecular flexibility index (Phi) is 7.75. The summed E-state index contributed by atoms with van der Waals surface area (Å²) >= 11 is -2.39. The summed E-state index contributed by atoms with van der Waals surface area (Å²) < 4.78 is 51.7. The Morgan fingerprint density at radius 2 is 1.97 bits per heavy atom. The molecule has 2 aromatic carbocycles. The Morgan fingerprint density at radius 1 is 1.16 bits per heavy atom. The van der Waals surface area contributed by atoms with Crippen LogP contribution < -0.4 is 10.0 Å². The van der Waals surface area contributed by atoms with Gasteiger partial charge in [-0.1, -0.05) is 0 Å². The largest absolute Gasteiger partial charge is 0.760 e. The minimum atomic E-state index is -2.39. The van der Waals surface area contributed by atoms with Gasteiger partial charge in [0.25, 0.3) is 0 Å². The summed E-state index contributed by atoms with van der Waals surface area (Å²) in [4.78, 5) is 17.2. The van der Waals surface area contributed by atoms with Gasteiger partial charge < -0.3 is 15.0 Å². The van der Waals surface area contributed by atoms with Crippen molar-refractivity contribution >= 4 is 33.6 Å². The topological polar surface area (TPSA) is 114 Å². The molecular weight excluding hydrogens is 428 g/mol. The summed E-state index contributed by atoms with van der Waals surface area (Å²) in [6, 6.07) is 8.70. The first-order valence-electron chi connectivity index (χ1n) is 9.49. The number of rotatable bonds is 10. The first kappa shape index (κ1) is 22.9. The maximum absolute atomic E-state index is 14.4. The minimum absolute atomic E-state index is 0.0530. The maximum atomic E-state index is 14.4. The number of hydrogen-bond donors (Lipinski definition) is 3. The lowest BCUT2D eigenvalue weighted by molar-refractivity contribution is 0.103. The van der Waals surface area contributed by atoms with Crippen LogP contribution in [0.3, 0.4) is 0 Å². The fourth-order valence-electron chi connectivity index (χ4n) is 3.13. The number of aryl methyl sites for hydroxylation is 1. The second-order valence-corrected chi connectivity index (χ2v) is 7.54. The number of nitrogens with one attached hydrogen (secondary N) is 2. The standard InChI is InChI=1S/C21H21F2N3O4S/c22-18-9-13(2-1-5-26-31(29)30)8-17(20(18)23)21(28)14-3-4-19-15(10-14)11-16(12-25-19)24-6-7-27/h3-4,8-12,24,26-27H,1-2,5-7H2,(H,29,30)/p-1. The monoisotopic (exact) mass is 448 g/mol. The molecule has 3 N–H and O–H groups in total. The summed E-state index contributed by atoms with van der Waals surface area (Å²) in [5, 5.41) is 12.5. The molecule has 0 amide bonds. The Bertz CT molecular complexity index is 1130. The van der Waals surface area contributed by atoms with Crippen molar-refractivity contribution < 1.29 is 27.4 Å². The number of aromatic nitrogens is 1. The number of ketones is 1. The van der Waals surface area contributed by atoms with Crippen LogP contribution in [0.25, 0.3) is 10.9 Å². The Balaban J connectivity index is 1.86. The Labute approximate surface area is 179 Å². The molecule has 1 aromatic heterocycles. The zero-order valence-corrected chi connectivity index (χ0v) is 17.2. The van der Waals surface area contributed by atoms with E-state index in [1.54, 1.807) is 24.4 Å². The van der Waals surface area contributed by atoms with Crippen molar-refractivity contribution in [3.63, 3.8) is 0 Å². The highest BCUT2D eigenvalue weighted by Crippen LogP contribution is 2.23. The van der Waals surface area contributed by atoms with Crippen LogP contribution in [0.15, 0.2) is 42.6 Å². The summed E-state index contributed by atoms with van der Waals surface area (Å²) in [6.07, 6.45) is 2.22. The number of benzene rings is 2. The number of halogens is 2. The Hall–Kier alpha value is -2.79. The molecule has 0 aliphatic carbocycles. The third-order valence-corrected chi connectivity index (χ3v) is 5.02. The van der Waals surface area contributed by atoms with Crippen molar-refractivity contribution in [2.24, 2.45) is 0 Å². The van der Waals surface area contributed by atoms with Gasteiger partial charge in [-0.3, -0.25) is 14.0 Å². The fraction of sp³-hybridized carbons (Fsp3) is 0.238. The zero-order chi connectivity index (χ0) is 22.4.